The lowest BCUT2D eigenvalue weighted by Crippen LogP contribution is -2.36. The average Bonchev–Trinajstić information content (AvgIpc) is 3.01. The Balaban J connectivity index is 2.74. The van der Waals surface area contributed by atoms with Crippen LogP contribution in [0.15, 0.2) is 29.9 Å². The number of carbonyl (C=O) groups excluding carboxylic acids is 2. The summed E-state index contributed by atoms with van der Waals surface area (Å²) in [6.45, 7) is 17.1. The van der Waals surface area contributed by atoms with Crippen LogP contribution in [0.5, 0.6) is 0 Å². The molecule has 0 heterocycles. The number of allylic oxidation sites excluding steroid dienone is 1. The topological polar surface area (TPSA) is 65.1 Å². The summed E-state index contributed by atoms with van der Waals surface area (Å²) in [5.74, 6) is 2.44. The van der Waals surface area contributed by atoms with E-state index in [9.17, 15) is 9.59 Å². The number of carbonyl (C=O) groups is 2. The summed E-state index contributed by atoms with van der Waals surface area (Å²) in [5, 5.41) is 0. The molecule has 1 aliphatic carbocycles. The molecule has 43 heavy (non-hydrogen) atoms. The molecule has 1 rings (SSSR count). The van der Waals surface area contributed by atoms with Gasteiger partial charge in [-0.2, -0.15) is 0 Å². The number of hydrogen-bond donors (Lipinski definition) is 0. The van der Waals surface area contributed by atoms with Crippen LogP contribution in [0.25, 0.3) is 0 Å². The quantitative estimate of drug-likeness (QED) is 0.0425. The normalized spacial score (nSPS) is 18.7. The van der Waals surface area contributed by atoms with Gasteiger partial charge in [-0.05, 0) is 44.6 Å². The van der Waals surface area contributed by atoms with Crippen LogP contribution in [0.4, 0.5) is 0 Å². The number of hydrogen-bond acceptors (Lipinski definition) is 6. The van der Waals surface area contributed by atoms with Gasteiger partial charge in [0.05, 0.1) is 39.5 Å². The highest BCUT2D eigenvalue weighted by atomic mass is 16.5. The zero-order valence-electron chi connectivity index (χ0n) is 28.6. The maximum Gasteiger partial charge on any atom is 0.320 e. The first-order valence-electron chi connectivity index (χ1n) is 17.6. The first-order valence-corrected chi connectivity index (χ1v) is 17.6. The van der Waals surface area contributed by atoms with Gasteiger partial charge in [0, 0.05) is 18.3 Å². The smallest absolute Gasteiger partial charge is 0.320 e. The van der Waals surface area contributed by atoms with E-state index in [1.807, 2.05) is 24.8 Å². The van der Waals surface area contributed by atoms with Crippen molar-refractivity contribution in [1.82, 2.24) is 4.90 Å². The van der Waals surface area contributed by atoms with Crippen molar-refractivity contribution in [2.75, 3.05) is 39.5 Å². The molecule has 1 aliphatic rings. The van der Waals surface area contributed by atoms with Crippen molar-refractivity contribution in [2.45, 2.75) is 137 Å². The molecule has 0 radical (unpaired) electrons. The van der Waals surface area contributed by atoms with E-state index in [1.165, 1.54) is 51.4 Å². The van der Waals surface area contributed by atoms with Gasteiger partial charge in [-0.25, -0.2) is 0 Å². The lowest BCUT2D eigenvalue weighted by Gasteiger charge is -2.34. The lowest BCUT2D eigenvalue weighted by atomic mass is 9.72. The van der Waals surface area contributed by atoms with E-state index >= 15 is 0 Å². The standard InChI is InChI=1S/C37H65NO5/c1-7-12-14-16-18-20-24-41-33(9-3)27-38(29-37(40)42-25-21-19-17-15-13-8-2)28-34(10-4)43-30-32-23-22-31(6)26-35(32)36(39)11-5/h10,31-32,35H,3,7-8,11-30H2,1-2,4-6H3/b34-10+/t31-,32+,35?/m1/s1. The first-order chi connectivity index (χ1) is 20.9. The Morgan fingerprint density at radius 1 is 0.814 bits per heavy atom. The van der Waals surface area contributed by atoms with Gasteiger partial charge in [0.25, 0.3) is 0 Å². The summed E-state index contributed by atoms with van der Waals surface area (Å²) in [7, 11) is 0. The Morgan fingerprint density at radius 3 is 2.00 bits per heavy atom. The second kappa shape index (κ2) is 25.3. The second-order valence-corrected chi connectivity index (χ2v) is 12.5. The molecule has 1 fully saturated rings. The van der Waals surface area contributed by atoms with Gasteiger partial charge < -0.3 is 14.2 Å². The van der Waals surface area contributed by atoms with Gasteiger partial charge in [0.1, 0.15) is 11.5 Å². The van der Waals surface area contributed by atoms with Gasteiger partial charge in [-0.1, -0.05) is 111 Å². The number of nitrogens with zero attached hydrogens (tertiary/aromatic N) is 1. The lowest BCUT2D eigenvalue weighted by molar-refractivity contribution is -0.145. The van der Waals surface area contributed by atoms with Gasteiger partial charge in [-0.15, -0.1) is 0 Å². The third kappa shape index (κ3) is 18.4. The van der Waals surface area contributed by atoms with Crippen LogP contribution in [0, 0.1) is 17.8 Å². The summed E-state index contributed by atoms with van der Waals surface area (Å²) in [5.41, 5.74) is 2.95. The van der Waals surface area contributed by atoms with E-state index < -0.39 is 0 Å². The van der Waals surface area contributed by atoms with Crippen LogP contribution < -0.4 is 0 Å². The predicted molar refractivity (Wildman–Crippen MR) is 178 cm³/mol. The number of ketones is 1. The molecule has 0 bridgehead atoms. The van der Waals surface area contributed by atoms with Crippen molar-refractivity contribution < 1.29 is 23.8 Å². The minimum absolute atomic E-state index is 0.0746. The zero-order valence-corrected chi connectivity index (χ0v) is 28.6. The largest absolute Gasteiger partial charge is 0.497 e. The minimum Gasteiger partial charge on any atom is -0.497 e. The Kier molecular flexibility index (Phi) is 22.9. The number of rotatable bonds is 26. The molecule has 3 atom stereocenters. The molecule has 6 heteroatoms. The third-order valence-corrected chi connectivity index (χ3v) is 8.65. The summed E-state index contributed by atoms with van der Waals surface area (Å²) >= 11 is 0. The number of unbranched alkanes of at least 4 members (excludes halogenated alkanes) is 10. The highest BCUT2D eigenvalue weighted by molar-refractivity contribution is 5.81. The SMILES string of the molecule is C=C=C(CN(CC(=O)OCCCCCCCC)C/C(=C\C)OC[C@@H]1CC[C@@H](C)CC1C(=O)CC)OCCCCCCCC. The molecule has 0 aromatic carbocycles. The van der Waals surface area contributed by atoms with Crippen LogP contribution in [0.1, 0.15) is 137 Å². The van der Waals surface area contributed by atoms with Crippen LogP contribution in [-0.2, 0) is 23.8 Å². The van der Waals surface area contributed by atoms with Crippen molar-refractivity contribution >= 4 is 11.8 Å². The van der Waals surface area contributed by atoms with Crippen LogP contribution >= 0.6 is 0 Å². The van der Waals surface area contributed by atoms with E-state index in [1.54, 1.807) is 0 Å². The Bertz CT molecular complexity index is 831. The molecule has 0 saturated heterocycles. The fourth-order valence-electron chi connectivity index (χ4n) is 5.85. The van der Waals surface area contributed by atoms with E-state index in [0.717, 1.165) is 50.7 Å². The molecule has 6 nitrogen and oxygen atoms in total. The number of ether oxygens (including phenoxy) is 3. The molecule has 0 N–H and O–H groups in total. The molecule has 0 spiro atoms. The molecule has 0 aromatic heterocycles. The van der Waals surface area contributed by atoms with E-state index in [-0.39, 0.29) is 24.3 Å². The summed E-state index contributed by atoms with van der Waals surface area (Å²) in [6, 6.07) is 0. The van der Waals surface area contributed by atoms with E-state index in [4.69, 9.17) is 14.2 Å². The maximum absolute atomic E-state index is 12.9. The van der Waals surface area contributed by atoms with Crippen molar-refractivity contribution in [3.8, 4) is 0 Å². The molecule has 0 amide bonds. The van der Waals surface area contributed by atoms with Gasteiger partial charge in [-0.3, -0.25) is 14.5 Å². The predicted octanol–water partition coefficient (Wildman–Crippen LogP) is 9.19. The number of Topliss-reactive ketones (excluding diaryl/α,β-unsaturated/α-hetero) is 1. The van der Waals surface area contributed by atoms with Gasteiger partial charge in [0.15, 0.2) is 5.76 Å². The van der Waals surface area contributed by atoms with Crippen molar-refractivity contribution in [1.29, 1.82) is 0 Å². The van der Waals surface area contributed by atoms with Crippen LogP contribution in [-0.4, -0.2) is 56.1 Å². The summed E-state index contributed by atoms with van der Waals surface area (Å²) in [4.78, 5) is 27.5. The van der Waals surface area contributed by atoms with Crippen molar-refractivity contribution in [2.24, 2.45) is 17.8 Å². The zero-order chi connectivity index (χ0) is 31.7. The highest BCUT2D eigenvalue weighted by Crippen LogP contribution is 2.35. The summed E-state index contributed by atoms with van der Waals surface area (Å²) < 4.78 is 18.0. The molecule has 1 unspecified atom stereocenters. The van der Waals surface area contributed by atoms with Gasteiger partial charge >= 0.3 is 5.97 Å². The number of esters is 1. The molecule has 248 valence electrons. The highest BCUT2D eigenvalue weighted by Gasteiger charge is 2.33. The monoisotopic (exact) mass is 603 g/mol. The molecular weight excluding hydrogens is 538 g/mol. The Hall–Kier alpha value is -2.04. The van der Waals surface area contributed by atoms with Gasteiger partial charge in [0.2, 0.25) is 0 Å². The second-order valence-electron chi connectivity index (χ2n) is 12.5. The molecular formula is C37H65NO5. The Labute approximate surface area is 264 Å². The first kappa shape index (κ1) is 39.0. The molecule has 1 saturated carbocycles. The summed E-state index contributed by atoms with van der Waals surface area (Å²) in [6.07, 6.45) is 19.7. The minimum atomic E-state index is -0.238. The molecule has 0 aromatic rings. The van der Waals surface area contributed by atoms with Crippen LogP contribution in [0.2, 0.25) is 0 Å². The van der Waals surface area contributed by atoms with Crippen molar-refractivity contribution in [3.63, 3.8) is 0 Å². The van der Waals surface area contributed by atoms with Crippen molar-refractivity contribution in [3.05, 3.63) is 29.9 Å². The maximum atomic E-state index is 12.9. The van der Waals surface area contributed by atoms with E-state index in [0.29, 0.717) is 56.8 Å². The van der Waals surface area contributed by atoms with E-state index in [2.05, 4.69) is 33.1 Å². The third-order valence-electron chi connectivity index (χ3n) is 8.65. The fraction of sp³-hybridized carbons (Fsp3) is 0.811. The molecule has 0 aliphatic heterocycles. The van der Waals surface area contributed by atoms with Crippen LogP contribution in [0.3, 0.4) is 0 Å². The fourth-order valence-corrected chi connectivity index (χ4v) is 5.85. The average molecular weight is 604 g/mol. The Morgan fingerprint density at radius 2 is 1.42 bits per heavy atom.